The van der Waals surface area contributed by atoms with Crippen molar-refractivity contribution in [1.82, 2.24) is 5.32 Å². The second kappa shape index (κ2) is 6.43. The minimum absolute atomic E-state index is 0.0975. The standard InChI is InChI=1S/C16H21NO3S/c1-16(2)8-5-12(6-9-16)17-15(20)14-11(7-10-21-14)3-4-13(18)19/h3-4,7,10,12H,5-6,8-9H2,1-2H3,(H,17,20)(H,18,19). The van der Waals surface area contributed by atoms with Crippen LogP contribution in [0.3, 0.4) is 0 Å². The van der Waals surface area contributed by atoms with Crippen LogP contribution in [0.2, 0.25) is 0 Å². The average molecular weight is 307 g/mol. The van der Waals surface area contributed by atoms with Crippen molar-refractivity contribution >= 4 is 29.3 Å². The van der Waals surface area contributed by atoms with Crippen molar-refractivity contribution in [1.29, 1.82) is 0 Å². The van der Waals surface area contributed by atoms with Gasteiger partial charge < -0.3 is 10.4 Å². The van der Waals surface area contributed by atoms with Crippen molar-refractivity contribution in [3.63, 3.8) is 0 Å². The fourth-order valence-electron chi connectivity index (χ4n) is 2.59. The zero-order valence-corrected chi connectivity index (χ0v) is 13.2. The molecule has 1 heterocycles. The molecule has 114 valence electrons. The van der Waals surface area contributed by atoms with Gasteiger partial charge in [0.25, 0.3) is 5.91 Å². The minimum atomic E-state index is -1.01. The van der Waals surface area contributed by atoms with E-state index in [-0.39, 0.29) is 11.9 Å². The molecule has 0 radical (unpaired) electrons. The van der Waals surface area contributed by atoms with Gasteiger partial charge in [0, 0.05) is 12.1 Å². The molecule has 21 heavy (non-hydrogen) atoms. The lowest BCUT2D eigenvalue weighted by Crippen LogP contribution is -2.39. The van der Waals surface area contributed by atoms with E-state index in [1.165, 1.54) is 17.4 Å². The van der Waals surface area contributed by atoms with Gasteiger partial charge in [0.1, 0.15) is 0 Å². The normalized spacial score (nSPS) is 18.8. The van der Waals surface area contributed by atoms with Crippen LogP contribution in [-0.4, -0.2) is 23.0 Å². The van der Waals surface area contributed by atoms with E-state index in [0.29, 0.717) is 15.9 Å². The largest absolute Gasteiger partial charge is 0.478 e. The van der Waals surface area contributed by atoms with Crippen LogP contribution in [0.25, 0.3) is 6.08 Å². The van der Waals surface area contributed by atoms with Gasteiger partial charge >= 0.3 is 5.97 Å². The molecule has 2 rings (SSSR count). The Bertz CT molecular complexity index is 550. The number of thiophene rings is 1. The van der Waals surface area contributed by atoms with Crippen molar-refractivity contribution in [3.8, 4) is 0 Å². The number of amides is 1. The van der Waals surface area contributed by atoms with Gasteiger partial charge in [0.05, 0.1) is 4.88 Å². The lowest BCUT2D eigenvalue weighted by atomic mass is 9.75. The first-order valence-corrected chi connectivity index (χ1v) is 8.05. The molecule has 5 heteroatoms. The smallest absolute Gasteiger partial charge is 0.328 e. The van der Waals surface area contributed by atoms with Crippen molar-refractivity contribution in [2.24, 2.45) is 5.41 Å². The number of carboxylic acids is 1. The van der Waals surface area contributed by atoms with Gasteiger partial charge in [-0.3, -0.25) is 4.79 Å². The van der Waals surface area contributed by atoms with Crippen molar-refractivity contribution < 1.29 is 14.7 Å². The Balaban J connectivity index is 1.98. The molecule has 1 aliphatic carbocycles. The van der Waals surface area contributed by atoms with E-state index in [0.717, 1.165) is 31.8 Å². The topological polar surface area (TPSA) is 66.4 Å². The second-order valence-corrected chi connectivity index (χ2v) is 7.20. The lowest BCUT2D eigenvalue weighted by Gasteiger charge is -2.34. The molecular formula is C16H21NO3S. The maximum absolute atomic E-state index is 12.3. The van der Waals surface area contributed by atoms with Crippen LogP contribution in [-0.2, 0) is 4.79 Å². The lowest BCUT2D eigenvalue weighted by molar-refractivity contribution is -0.131. The molecule has 1 saturated carbocycles. The Morgan fingerprint density at radius 1 is 1.38 bits per heavy atom. The van der Waals surface area contributed by atoms with Gasteiger partial charge in [-0.25, -0.2) is 4.79 Å². The highest BCUT2D eigenvalue weighted by molar-refractivity contribution is 7.12. The van der Waals surface area contributed by atoms with E-state index in [9.17, 15) is 9.59 Å². The molecule has 1 aromatic heterocycles. The van der Waals surface area contributed by atoms with Gasteiger partial charge in [-0.2, -0.15) is 0 Å². The molecule has 1 fully saturated rings. The number of hydrogen-bond donors (Lipinski definition) is 2. The van der Waals surface area contributed by atoms with Crippen LogP contribution >= 0.6 is 11.3 Å². The van der Waals surface area contributed by atoms with Crippen LogP contribution in [0.4, 0.5) is 0 Å². The Kier molecular flexibility index (Phi) is 4.83. The Labute approximate surface area is 128 Å². The summed E-state index contributed by atoms with van der Waals surface area (Å²) in [5.74, 6) is -1.11. The summed E-state index contributed by atoms with van der Waals surface area (Å²) in [7, 11) is 0. The van der Waals surface area contributed by atoms with E-state index in [2.05, 4.69) is 19.2 Å². The summed E-state index contributed by atoms with van der Waals surface area (Å²) < 4.78 is 0. The molecule has 0 unspecified atom stereocenters. The fourth-order valence-corrected chi connectivity index (χ4v) is 3.38. The molecule has 0 spiro atoms. The first-order chi connectivity index (χ1) is 9.87. The number of carboxylic acid groups (broad SMARTS) is 1. The minimum Gasteiger partial charge on any atom is -0.478 e. The summed E-state index contributed by atoms with van der Waals surface area (Å²) >= 11 is 1.34. The van der Waals surface area contributed by atoms with Crippen LogP contribution in [0, 0.1) is 5.41 Å². The fraction of sp³-hybridized carbons (Fsp3) is 0.500. The molecular weight excluding hydrogens is 286 g/mol. The quantitative estimate of drug-likeness (QED) is 0.836. The van der Waals surface area contributed by atoms with Gasteiger partial charge in [-0.05, 0) is 54.2 Å². The molecule has 0 aromatic carbocycles. The van der Waals surface area contributed by atoms with Gasteiger partial charge in [0.15, 0.2) is 0 Å². The molecule has 4 nitrogen and oxygen atoms in total. The average Bonchev–Trinajstić information content (AvgIpc) is 2.87. The highest BCUT2D eigenvalue weighted by Gasteiger charge is 2.28. The van der Waals surface area contributed by atoms with Crippen LogP contribution in [0.1, 0.15) is 54.8 Å². The molecule has 2 N–H and O–H groups in total. The zero-order chi connectivity index (χ0) is 15.5. The predicted octanol–water partition coefficient (Wildman–Crippen LogP) is 3.54. The molecule has 1 aromatic rings. The Morgan fingerprint density at radius 3 is 2.67 bits per heavy atom. The summed E-state index contributed by atoms with van der Waals surface area (Å²) in [6.07, 6.45) is 6.77. The third-order valence-electron chi connectivity index (χ3n) is 3.98. The summed E-state index contributed by atoms with van der Waals surface area (Å²) in [5.41, 5.74) is 1.04. The number of carbonyl (C=O) groups excluding carboxylic acids is 1. The Hall–Kier alpha value is -1.62. The predicted molar refractivity (Wildman–Crippen MR) is 84.5 cm³/mol. The monoisotopic (exact) mass is 307 g/mol. The number of carbonyl (C=O) groups is 2. The SMILES string of the molecule is CC1(C)CCC(NC(=O)c2sccc2C=CC(=O)O)CC1. The van der Waals surface area contributed by atoms with E-state index in [4.69, 9.17) is 5.11 Å². The van der Waals surface area contributed by atoms with Crippen LogP contribution in [0.5, 0.6) is 0 Å². The highest BCUT2D eigenvalue weighted by Crippen LogP contribution is 2.35. The first kappa shape index (κ1) is 15.8. The number of aliphatic carboxylic acids is 1. The van der Waals surface area contributed by atoms with E-state index in [1.54, 1.807) is 11.4 Å². The molecule has 0 saturated heterocycles. The van der Waals surface area contributed by atoms with Crippen molar-refractivity contribution in [3.05, 3.63) is 28.0 Å². The molecule has 0 atom stereocenters. The zero-order valence-electron chi connectivity index (χ0n) is 12.4. The summed E-state index contributed by atoms with van der Waals surface area (Å²) in [6.45, 7) is 4.53. The molecule has 1 amide bonds. The second-order valence-electron chi connectivity index (χ2n) is 6.29. The van der Waals surface area contributed by atoms with Gasteiger partial charge in [-0.15, -0.1) is 11.3 Å². The summed E-state index contributed by atoms with van der Waals surface area (Å²) in [4.78, 5) is 23.5. The number of nitrogens with one attached hydrogen (secondary N) is 1. The first-order valence-electron chi connectivity index (χ1n) is 7.17. The van der Waals surface area contributed by atoms with Crippen molar-refractivity contribution in [2.75, 3.05) is 0 Å². The van der Waals surface area contributed by atoms with Gasteiger partial charge in [0.2, 0.25) is 0 Å². The van der Waals surface area contributed by atoms with Gasteiger partial charge in [-0.1, -0.05) is 13.8 Å². The van der Waals surface area contributed by atoms with E-state index in [1.807, 2.05) is 0 Å². The van der Waals surface area contributed by atoms with E-state index < -0.39 is 5.97 Å². The van der Waals surface area contributed by atoms with E-state index >= 15 is 0 Å². The van der Waals surface area contributed by atoms with Crippen LogP contribution in [0.15, 0.2) is 17.5 Å². The third-order valence-corrected chi connectivity index (χ3v) is 4.91. The number of rotatable bonds is 4. The molecule has 1 aliphatic rings. The third kappa shape index (κ3) is 4.43. The Morgan fingerprint density at radius 2 is 2.05 bits per heavy atom. The molecule has 0 aliphatic heterocycles. The molecule has 0 bridgehead atoms. The summed E-state index contributed by atoms with van der Waals surface area (Å²) in [5, 5.41) is 13.6. The van der Waals surface area contributed by atoms with Crippen LogP contribution < -0.4 is 5.32 Å². The summed E-state index contributed by atoms with van der Waals surface area (Å²) in [6, 6.07) is 1.99. The van der Waals surface area contributed by atoms with Crippen molar-refractivity contribution in [2.45, 2.75) is 45.6 Å². The maximum Gasteiger partial charge on any atom is 0.328 e. The maximum atomic E-state index is 12.3. The number of hydrogen-bond acceptors (Lipinski definition) is 3. The highest BCUT2D eigenvalue weighted by atomic mass is 32.1.